The maximum absolute atomic E-state index is 8.60. The third-order valence-electron chi connectivity index (χ3n) is 4.41. The summed E-state index contributed by atoms with van der Waals surface area (Å²) >= 11 is 0. The number of anilines is 1. The lowest BCUT2D eigenvalue weighted by Crippen LogP contribution is -2.58. The van der Waals surface area contributed by atoms with Crippen LogP contribution in [0.4, 0.5) is 5.69 Å². The Bertz CT molecular complexity index is 1210. The second-order valence-electron chi connectivity index (χ2n) is 6.54. The SMILES string of the molecule is CC/N=c1/cc2oc3cc(NCC)c(C)cc3nc-2c2ccccc12.[O-][Cl+3]([O-])([O-])O. The fraction of sp³-hybridized carbons (Fsp3) is 0.238. The number of hydrogen-bond donors (Lipinski definition) is 2. The van der Waals surface area contributed by atoms with E-state index in [2.05, 4.69) is 42.4 Å². The van der Waals surface area contributed by atoms with Crippen molar-refractivity contribution >= 4 is 27.6 Å². The quantitative estimate of drug-likeness (QED) is 0.358. The van der Waals surface area contributed by atoms with Crippen LogP contribution in [-0.2, 0) is 0 Å². The number of fused-ring (bicyclic) bond motifs is 4. The first-order chi connectivity index (χ1) is 14.2. The van der Waals surface area contributed by atoms with E-state index in [9.17, 15) is 0 Å². The van der Waals surface area contributed by atoms with Crippen LogP contribution < -0.4 is 24.7 Å². The zero-order valence-electron chi connectivity index (χ0n) is 16.8. The predicted octanol–water partition coefficient (Wildman–Crippen LogP) is 0.623. The van der Waals surface area contributed by atoms with E-state index in [-0.39, 0.29) is 0 Å². The van der Waals surface area contributed by atoms with Gasteiger partial charge in [0, 0.05) is 41.7 Å². The van der Waals surface area contributed by atoms with Gasteiger partial charge in [-0.2, -0.15) is 14.0 Å². The van der Waals surface area contributed by atoms with Gasteiger partial charge in [-0.05, 0) is 32.4 Å². The molecule has 0 saturated carbocycles. The highest BCUT2D eigenvalue weighted by Gasteiger charge is 2.15. The molecule has 0 aromatic heterocycles. The number of nitrogens with one attached hydrogen (secondary N) is 1. The fourth-order valence-electron chi connectivity index (χ4n) is 3.27. The van der Waals surface area contributed by atoms with E-state index in [0.29, 0.717) is 0 Å². The molecule has 2 N–H and O–H groups in total. The topological polar surface area (TPSA) is 140 Å². The number of benzene rings is 3. The van der Waals surface area contributed by atoms with E-state index < -0.39 is 10.2 Å². The summed E-state index contributed by atoms with van der Waals surface area (Å²) in [4.78, 5) is 9.53. The Morgan fingerprint density at radius 3 is 2.40 bits per heavy atom. The van der Waals surface area contributed by atoms with Gasteiger partial charge in [0.05, 0.1) is 20.3 Å². The molecule has 0 fully saturated rings. The van der Waals surface area contributed by atoms with Gasteiger partial charge >= 0.3 is 0 Å². The summed E-state index contributed by atoms with van der Waals surface area (Å²) in [6, 6.07) is 14.4. The molecule has 9 heteroatoms. The summed E-state index contributed by atoms with van der Waals surface area (Å²) in [5, 5.41) is 6.51. The van der Waals surface area contributed by atoms with Crippen LogP contribution in [0, 0.1) is 17.2 Å². The summed E-state index contributed by atoms with van der Waals surface area (Å²) in [7, 11) is -4.69. The molecule has 2 aliphatic rings. The maximum Gasteiger partial charge on any atom is 0.155 e. The highest BCUT2D eigenvalue weighted by Crippen LogP contribution is 2.32. The highest BCUT2D eigenvalue weighted by atomic mass is 35.7. The molecular formula is C21H22ClN3O5. The van der Waals surface area contributed by atoms with E-state index in [1.807, 2.05) is 31.2 Å². The third-order valence-corrected chi connectivity index (χ3v) is 4.41. The Balaban J connectivity index is 0.000000461. The molecule has 2 aromatic carbocycles. The first kappa shape index (κ1) is 21.9. The van der Waals surface area contributed by atoms with Crippen LogP contribution in [0.3, 0.4) is 0 Å². The molecule has 0 unspecified atom stereocenters. The van der Waals surface area contributed by atoms with Crippen LogP contribution in [0.2, 0.25) is 0 Å². The van der Waals surface area contributed by atoms with Gasteiger partial charge in [0.2, 0.25) is 0 Å². The molecule has 30 heavy (non-hydrogen) atoms. The lowest BCUT2D eigenvalue weighted by atomic mass is 10.0. The number of rotatable bonds is 3. The molecule has 0 amide bonds. The third kappa shape index (κ3) is 5.05. The van der Waals surface area contributed by atoms with Crippen molar-refractivity contribution in [1.29, 1.82) is 0 Å². The zero-order valence-corrected chi connectivity index (χ0v) is 17.6. The molecule has 0 spiro atoms. The lowest BCUT2D eigenvalue weighted by molar-refractivity contribution is -1.92. The van der Waals surface area contributed by atoms with Gasteiger partial charge in [0.1, 0.15) is 11.2 Å². The largest absolute Gasteiger partial charge is 0.453 e. The Morgan fingerprint density at radius 1 is 1.10 bits per heavy atom. The van der Waals surface area contributed by atoms with Gasteiger partial charge in [-0.1, -0.05) is 24.3 Å². The van der Waals surface area contributed by atoms with Crippen molar-refractivity contribution < 1.29 is 33.3 Å². The minimum atomic E-state index is -4.69. The number of hydrogen-bond acceptors (Lipinski definition) is 8. The second kappa shape index (κ2) is 8.95. The minimum absolute atomic E-state index is 0.736. The molecule has 0 atom stereocenters. The highest BCUT2D eigenvalue weighted by molar-refractivity contribution is 5.96. The molecule has 158 valence electrons. The maximum atomic E-state index is 8.60. The van der Waals surface area contributed by atoms with Crippen molar-refractivity contribution in [3.63, 3.8) is 0 Å². The van der Waals surface area contributed by atoms with Crippen LogP contribution in [0.5, 0.6) is 0 Å². The van der Waals surface area contributed by atoms with Crippen molar-refractivity contribution in [2.75, 3.05) is 18.4 Å². The van der Waals surface area contributed by atoms with E-state index in [4.69, 9.17) is 28.0 Å². The molecule has 4 rings (SSSR count). The summed E-state index contributed by atoms with van der Waals surface area (Å²) in [5.74, 6) is 0.768. The van der Waals surface area contributed by atoms with Crippen molar-refractivity contribution in [3.05, 3.63) is 53.4 Å². The predicted molar refractivity (Wildman–Crippen MR) is 105 cm³/mol. The smallest absolute Gasteiger partial charge is 0.155 e. The summed E-state index contributed by atoms with van der Waals surface area (Å²) < 4.78 is 38.9. The fourth-order valence-corrected chi connectivity index (χ4v) is 3.27. The number of aryl methyl sites for hydroxylation is 1. The number of halogens is 1. The van der Waals surface area contributed by atoms with E-state index in [1.54, 1.807) is 0 Å². The van der Waals surface area contributed by atoms with Gasteiger partial charge in [0.15, 0.2) is 11.3 Å². The Kier molecular flexibility index (Phi) is 6.55. The van der Waals surface area contributed by atoms with E-state index in [0.717, 1.165) is 57.5 Å². The van der Waals surface area contributed by atoms with Crippen molar-refractivity contribution in [2.45, 2.75) is 20.8 Å². The van der Waals surface area contributed by atoms with Crippen LogP contribution in [0.15, 0.2) is 51.9 Å². The normalized spacial score (nSPS) is 12.3. The minimum Gasteiger partial charge on any atom is -0.453 e. The summed E-state index contributed by atoms with van der Waals surface area (Å²) in [5.41, 5.74) is 4.79. The van der Waals surface area contributed by atoms with Gasteiger partial charge in [0.25, 0.3) is 0 Å². The van der Waals surface area contributed by atoms with E-state index >= 15 is 0 Å². The Hall–Kier alpha value is -2.75. The molecule has 8 nitrogen and oxygen atoms in total. The van der Waals surface area contributed by atoms with Gasteiger partial charge in [-0.3, -0.25) is 4.99 Å². The van der Waals surface area contributed by atoms with Crippen LogP contribution in [0.1, 0.15) is 19.4 Å². The van der Waals surface area contributed by atoms with Crippen LogP contribution >= 0.6 is 0 Å². The number of aromatic nitrogens is 1. The standard InChI is InChI=1S/C21H21N3O.ClHO4/c1-4-22-16-11-19-18(10-13(16)3)24-21-15-9-7-6-8-14(15)17(23-5-2)12-20(21)25-19;2-1(3,4)5/h6-12,22H,4-5H2,1-3H3;(H,2,3,4,5)/b23-17-;. The number of nitrogens with zero attached hydrogens (tertiary/aromatic N) is 2. The molecule has 1 aliphatic carbocycles. The molecule has 0 bridgehead atoms. The van der Waals surface area contributed by atoms with Gasteiger partial charge < -0.3 is 9.73 Å². The van der Waals surface area contributed by atoms with Crippen molar-refractivity contribution in [2.24, 2.45) is 4.99 Å². The first-order valence-corrected chi connectivity index (χ1v) is 10.6. The molecule has 1 aliphatic heterocycles. The molecule has 2 aromatic rings. The van der Waals surface area contributed by atoms with Crippen LogP contribution in [-0.4, -0.2) is 22.7 Å². The first-order valence-electron chi connectivity index (χ1n) is 9.35. The zero-order chi connectivity index (χ0) is 21.9. The second-order valence-corrected chi connectivity index (χ2v) is 7.33. The Morgan fingerprint density at radius 2 is 1.77 bits per heavy atom. The molecule has 0 radical (unpaired) electrons. The summed E-state index contributed by atoms with van der Waals surface area (Å²) in [6.07, 6.45) is 0. The summed E-state index contributed by atoms with van der Waals surface area (Å²) in [6.45, 7) is 7.83. The van der Waals surface area contributed by atoms with Crippen molar-refractivity contribution in [3.8, 4) is 11.5 Å². The Labute approximate surface area is 175 Å². The molecule has 1 heterocycles. The monoisotopic (exact) mass is 431 g/mol. The van der Waals surface area contributed by atoms with E-state index in [1.165, 1.54) is 5.56 Å². The van der Waals surface area contributed by atoms with Crippen molar-refractivity contribution in [1.82, 2.24) is 4.98 Å². The average Bonchev–Trinajstić information content (AvgIpc) is 2.67. The lowest BCUT2D eigenvalue weighted by Gasteiger charge is -2.13. The van der Waals surface area contributed by atoms with Gasteiger partial charge in [-0.15, -0.1) is 0 Å². The molecular weight excluding hydrogens is 410 g/mol. The average molecular weight is 432 g/mol. The van der Waals surface area contributed by atoms with Crippen LogP contribution in [0.25, 0.3) is 33.3 Å². The van der Waals surface area contributed by atoms with Gasteiger partial charge in [-0.25, -0.2) is 4.98 Å². The molecule has 0 saturated heterocycles.